The molecule has 0 heterocycles. The van der Waals surface area contributed by atoms with Crippen LogP contribution in [0.3, 0.4) is 0 Å². The van der Waals surface area contributed by atoms with Gasteiger partial charge in [0, 0.05) is 18.8 Å². The fourth-order valence-electron chi connectivity index (χ4n) is 1.53. The highest BCUT2D eigenvalue weighted by Crippen LogP contribution is 2.29. The van der Waals surface area contributed by atoms with Crippen LogP contribution in [0.4, 0.5) is 23.7 Å². The molecule has 1 aromatic carbocycles. The number of anilines is 1. The van der Waals surface area contributed by atoms with Gasteiger partial charge in [0.2, 0.25) is 0 Å². The SMILES string of the molecule is CCN(CCC#N)C(=O)Nc1ccc(C(F)(F)F)cc1. The van der Waals surface area contributed by atoms with Gasteiger partial charge in [0.25, 0.3) is 0 Å². The number of hydrogen-bond acceptors (Lipinski definition) is 2. The van der Waals surface area contributed by atoms with Gasteiger partial charge in [-0.25, -0.2) is 4.79 Å². The quantitative estimate of drug-likeness (QED) is 0.920. The molecule has 20 heavy (non-hydrogen) atoms. The van der Waals surface area contributed by atoms with Gasteiger partial charge in [-0.3, -0.25) is 0 Å². The molecule has 0 aliphatic heterocycles. The summed E-state index contributed by atoms with van der Waals surface area (Å²) in [6.07, 6.45) is -4.20. The van der Waals surface area contributed by atoms with Crippen LogP contribution in [-0.2, 0) is 6.18 Å². The lowest BCUT2D eigenvalue weighted by molar-refractivity contribution is -0.137. The molecule has 0 saturated heterocycles. The summed E-state index contributed by atoms with van der Waals surface area (Å²) in [5.74, 6) is 0. The first-order valence-electron chi connectivity index (χ1n) is 5.98. The highest BCUT2D eigenvalue weighted by atomic mass is 19.4. The number of alkyl halides is 3. The second-order valence-electron chi connectivity index (χ2n) is 3.99. The predicted molar refractivity (Wildman–Crippen MR) is 67.9 cm³/mol. The molecule has 2 amide bonds. The van der Waals surface area contributed by atoms with Crippen molar-refractivity contribution < 1.29 is 18.0 Å². The zero-order valence-electron chi connectivity index (χ0n) is 10.9. The van der Waals surface area contributed by atoms with Crippen LogP contribution in [0.15, 0.2) is 24.3 Å². The Morgan fingerprint density at radius 3 is 2.40 bits per heavy atom. The minimum absolute atomic E-state index is 0.203. The van der Waals surface area contributed by atoms with E-state index in [1.165, 1.54) is 17.0 Å². The number of carbonyl (C=O) groups excluding carboxylic acids is 1. The normalized spacial score (nSPS) is 10.8. The Hall–Kier alpha value is -2.23. The van der Waals surface area contributed by atoms with Crippen molar-refractivity contribution in [2.75, 3.05) is 18.4 Å². The first-order chi connectivity index (χ1) is 9.38. The molecule has 108 valence electrons. The van der Waals surface area contributed by atoms with Gasteiger partial charge < -0.3 is 10.2 Å². The third-order valence-electron chi connectivity index (χ3n) is 2.63. The molecule has 0 fully saturated rings. The number of nitrogens with one attached hydrogen (secondary N) is 1. The molecule has 1 rings (SSSR count). The van der Waals surface area contributed by atoms with E-state index in [-0.39, 0.29) is 18.7 Å². The van der Waals surface area contributed by atoms with Crippen LogP contribution in [0.25, 0.3) is 0 Å². The summed E-state index contributed by atoms with van der Waals surface area (Å²) in [6.45, 7) is 2.44. The van der Waals surface area contributed by atoms with E-state index in [0.29, 0.717) is 6.54 Å². The molecule has 0 aliphatic rings. The van der Waals surface area contributed by atoms with Gasteiger partial charge in [-0.15, -0.1) is 0 Å². The van der Waals surface area contributed by atoms with E-state index in [4.69, 9.17) is 5.26 Å². The maximum absolute atomic E-state index is 12.4. The lowest BCUT2D eigenvalue weighted by Gasteiger charge is -2.20. The lowest BCUT2D eigenvalue weighted by Crippen LogP contribution is -2.35. The van der Waals surface area contributed by atoms with Crippen molar-refractivity contribution >= 4 is 11.7 Å². The van der Waals surface area contributed by atoms with Crippen LogP contribution >= 0.6 is 0 Å². The number of benzene rings is 1. The van der Waals surface area contributed by atoms with E-state index in [0.717, 1.165) is 12.1 Å². The van der Waals surface area contributed by atoms with Crippen LogP contribution in [0, 0.1) is 11.3 Å². The van der Waals surface area contributed by atoms with Crippen molar-refractivity contribution in [1.29, 1.82) is 5.26 Å². The van der Waals surface area contributed by atoms with Crippen molar-refractivity contribution in [2.24, 2.45) is 0 Å². The molecular formula is C13H14F3N3O. The molecule has 0 spiro atoms. The van der Waals surface area contributed by atoms with E-state index in [2.05, 4.69) is 5.32 Å². The number of amides is 2. The zero-order chi connectivity index (χ0) is 15.2. The van der Waals surface area contributed by atoms with Gasteiger partial charge in [-0.1, -0.05) is 0 Å². The van der Waals surface area contributed by atoms with Crippen LogP contribution < -0.4 is 5.32 Å². The zero-order valence-corrected chi connectivity index (χ0v) is 10.9. The van der Waals surface area contributed by atoms with Gasteiger partial charge in [-0.2, -0.15) is 18.4 Å². The minimum atomic E-state index is -4.40. The van der Waals surface area contributed by atoms with Crippen molar-refractivity contribution in [2.45, 2.75) is 19.5 Å². The summed E-state index contributed by atoms with van der Waals surface area (Å²) in [4.78, 5) is 13.2. The molecule has 1 N–H and O–H groups in total. The largest absolute Gasteiger partial charge is 0.416 e. The minimum Gasteiger partial charge on any atom is -0.324 e. The average molecular weight is 285 g/mol. The lowest BCUT2D eigenvalue weighted by atomic mass is 10.2. The van der Waals surface area contributed by atoms with Crippen LogP contribution in [0.1, 0.15) is 18.9 Å². The van der Waals surface area contributed by atoms with Gasteiger partial charge in [0.05, 0.1) is 18.1 Å². The molecule has 7 heteroatoms. The summed E-state index contributed by atoms with van der Waals surface area (Å²) >= 11 is 0. The number of carbonyl (C=O) groups is 1. The number of nitriles is 1. The number of nitrogens with zero attached hydrogens (tertiary/aromatic N) is 2. The Labute approximate surface area is 114 Å². The van der Waals surface area contributed by atoms with Gasteiger partial charge >= 0.3 is 12.2 Å². The average Bonchev–Trinajstić information content (AvgIpc) is 2.39. The summed E-state index contributed by atoms with van der Waals surface area (Å²) in [6, 6.07) is 5.68. The Kier molecular flexibility index (Phi) is 5.38. The van der Waals surface area contributed by atoms with E-state index >= 15 is 0 Å². The Bertz CT molecular complexity index is 491. The highest BCUT2D eigenvalue weighted by molar-refractivity contribution is 5.89. The third kappa shape index (κ3) is 4.46. The maximum Gasteiger partial charge on any atom is 0.416 e. The predicted octanol–water partition coefficient (Wildman–Crippen LogP) is 3.47. The number of rotatable bonds is 4. The fourth-order valence-corrected chi connectivity index (χ4v) is 1.53. The maximum atomic E-state index is 12.4. The summed E-state index contributed by atoms with van der Waals surface area (Å²) < 4.78 is 37.1. The molecule has 0 atom stereocenters. The monoisotopic (exact) mass is 285 g/mol. The van der Waals surface area contributed by atoms with Gasteiger partial charge in [0.1, 0.15) is 0 Å². The second-order valence-corrected chi connectivity index (χ2v) is 3.99. The first kappa shape index (κ1) is 15.8. The summed E-state index contributed by atoms with van der Waals surface area (Å²) in [5, 5.41) is 11.0. The summed E-state index contributed by atoms with van der Waals surface area (Å²) in [5.41, 5.74) is -0.495. The molecule has 0 bridgehead atoms. The standard InChI is InChI=1S/C13H14F3N3O/c1-2-19(9-3-8-17)12(20)18-11-6-4-10(5-7-11)13(14,15)16/h4-7H,2-3,9H2,1H3,(H,18,20). The highest BCUT2D eigenvalue weighted by Gasteiger charge is 2.30. The van der Waals surface area contributed by atoms with Crippen molar-refractivity contribution in [3.8, 4) is 6.07 Å². The Morgan fingerprint density at radius 1 is 1.35 bits per heavy atom. The number of hydrogen-bond donors (Lipinski definition) is 1. The van der Waals surface area contributed by atoms with Crippen LogP contribution in [0.5, 0.6) is 0 Å². The fraction of sp³-hybridized carbons (Fsp3) is 0.385. The van der Waals surface area contributed by atoms with Crippen molar-refractivity contribution in [3.63, 3.8) is 0 Å². The number of halogens is 3. The van der Waals surface area contributed by atoms with Crippen molar-refractivity contribution in [3.05, 3.63) is 29.8 Å². The van der Waals surface area contributed by atoms with E-state index in [9.17, 15) is 18.0 Å². The Balaban J connectivity index is 2.68. The molecule has 0 radical (unpaired) electrons. The second kappa shape index (κ2) is 6.80. The molecule has 0 aromatic heterocycles. The van der Waals surface area contributed by atoms with Crippen LogP contribution in [-0.4, -0.2) is 24.0 Å². The molecular weight excluding hydrogens is 271 g/mol. The summed E-state index contributed by atoms with van der Waals surface area (Å²) in [7, 11) is 0. The molecule has 1 aromatic rings. The van der Waals surface area contributed by atoms with Gasteiger partial charge in [0.15, 0.2) is 0 Å². The van der Waals surface area contributed by atoms with Crippen LogP contribution in [0.2, 0.25) is 0 Å². The third-order valence-corrected chi connectivity index (χ3v) is 2.63. The topological polar surface area (TPSA) is 56.1 Å². The molecule has 4 nitrogen and oxygen atoms in total. The first-order valence-corrected chi connectivity index (χ1v) is 5.98. The smallest absolute Gasteiger partial charge is 0.324 e. The Morgan fingerprint density at radius 2 is 1.95 bits per heavy atom. The molecule has 0 unspecified atom stereocenters. The van der Waals surface area contributed by atoms with E-state index in [1.54, 1.807) is 6.92 Å². The van der Waals surface area contributed by atoms with E-state index in [1.807, 2.05) is 6.07 Å². The molecule has 0 aliphatic carbocycles. The van der Waals surface area contributed by atoms with E-state index < -0.39 is 17.8 Å². The van der Waals surface area contributed by atoms with Crippen molar-refractivity contribution in [1.82, 2.24) is 4.90 Å². The molecule has 0 saturated carbocycles. The number of urea groups is 1. The van der Waals surface area contributed by atoms with Gasteiger partial charge in [-0.05, 0) is 31.2 Å².